The molecule has 3 aromatic rings. The highest BCUT2D eigenvalue weighted by molar-refractivity contribution is 5.55. The van der Waals surface area contributed by atoms with E-state index in [1.54, 1.807) is 6.20 Å². The van der Waals surface area contributed by atoms with Crippen molar-refractivity contribution in [2.75, 3.05) is 6.61 Å². The van der Waals surface area contributed by atoms with Gasteiger partial charge in [-0.15, -0.1) is 0 Å². The Morgan fingerprint density at radius 2 is 1.78 bits per heavy atom. The Morgan fingerprint density at radius 1 is 1.04 bits per heavy atom. The summed E-state index contributed by atoms with van der Waals surface area (Å²) in [5, 5.41) is 4.25. The first-order chi connectivity index (χ1) is 12.8. The number of hydrogen-bond donors (Lipinski definition) is 0. The SMILES string of the molecule is Cc1ccc(Cn2nc(-c3cnc(OCC(F)(F)F)nc3)ccc2=O)cn1. The maximum atomic E-state index is 12.1. The van der Waals surface area contributed by atoms with Gasteiger partial charge in [0, 0.05) is 35.9 Å². The van der Waals surface area contributed by atoms with Gasteiger partial charge in [0.25, 0.3) is 5.56 Å². The van der Waals surface area contributed by atoms with Crippen molar-refractivity contribution in [2.24, 2.45) is 0 Å². The van der Waals surface area contributed by atoms with Crippen LogP contribution >= 0.6 is 0 Å². The van der Waals surface area contributed by atoms with E-state index in [0.29, 0.717) is 11.3 Å². The molecule has 0 aliphatic rings. The third kappa shape index (κ3) is 5.09. The zero-order chi connectivity index (χ0) is 19.4. The second-order valence-corrected chi connectivity index (χ2v) is 5.68. The smallest absolute Gasteiger partial charge is 0.422 e. The van der Waals surface area contributed by atoms with Crippen molar-refractivity contribution in [3.8, 4) is 17.3 Å². The standard InChI is InChI=1S/C17H14F3N5O2/c1-11-2-3-12(6-21-11)9-25-15(26)5-4-14(24-25)13-7-22-16(23-8-13)27-10-17(18,19)20/h2-8H,9-10H2,1H3. The van der Waals surface area contributed by atoms with Crippen LogP contribution in [0.5, 0.6) is 6.01 Å². The highest BCUT2D eigenvalue weighted by atomic mass is 19.4. The minimum absolute atomic E-state index is 0.230. The van der Waals surface area contributed by atoms with E-state index >= 15 is 0 Å². The predicted octanol–water partition coefficient (Wildman–Crippen LogP) is 2.39. The molecule has 3 rings (SSSR count). The second kappa shape index (κ2) is 7.52. The zero-order valence-electron chi connectivity index (χ0n) is 14.1. The predicted molar refractivity (Wildman–Crippen MR) is 89.1 cm³/mol. The minimum Gasteiger partial charge on any atom is -0.454 e. The van der Waals surface area contributed by atoms with Gasteiger partial charge in [0.15, 0.2) is 6.61 Å². The molecule has 0 saturated carbocycles. The van der Waals surface area contributed by atoms with E-state index in [0.717, 1.165) is 11.3 Å². The van der Waals surface area contributed by atoms with E-state index in [4.69, 9.17) is 0 Å². The normalized spacial score (nSPS) is 11.4. The summed E-state index contributed by atoms with van der Waals surface area (Å²) in [4.78, 5) is 23.7. The lowest BCUT2D eigenvalue weighted by Crippen LogP contribution is -2.23. The van der Waals surface area contributed by atoms with Crippen LogP contribution in [0.4, 0.5) is 13.2 Å². The number of alkyl halides is 3. The number of pyridine rings is 1. The molecule has 7 nitrogen and oxygen atoms in total. The van der Waals surface area contributed by atoms with Crippen LogP contribution < -0.4 is 10.3 Å². The molecule has 0 fully saturated rings. The number of ether oxygens (including phenoxy) is 1. The van der Waals surface area contributed by atoms with Crippen LogP contribution in [0.3, 0.4) is 0 Å². The summed E-state index contributed by atoms with van der Waals surface area (Å²) in [7, 11) is 0. The van der Waals surface area contributed by atoms with Crippen molar-refractivity contribution >= 4 is 0 Å². The van der Waals surface area contributed by atoms with Gasteiger partial charge in [-0.05, 0) is 24.6 Å². The Bertz CT molecular complexity index is 970. The molecule has 27 heavy (non-hydrogen) atoms. The van der Waals surface area contributed by atoms with E-state index in [1.165, 1.54) is 29.2 Å². The van der Waals surface area contributed by atoms with Gasteiger partial charge in [0.05, 0.1) is 12.2 Å². The van der Waals surface area contributed by atoms with Crippen LogP contribution in [0.2, 0.25) is 0 Å². The van der Waals surface area contributed by atoms with Gasteiger partial charge >= 0.3 is 12.2 Å². The number of hydrogen-bond acceptors (Lipinski definition) is 6. The van der Waals surface area contributed by atoms with Crippen molar-refractivity contribution in [1.82, 2.24) is 24.7 Å². The van der Waals surface area contributed by atoms with Gasteiger partial charge in [0.1, 0.15) is 0 Å². The van der Waals surface area contributed by atoms with Crippen LogP contribution in [-0.2, 0) is 6.54 Å². The third-order valence-corrected chi connectivity index (χ3v) is 3.46. The molecule has 0 radical (unpaired) electrons. The Morgan fingerprint density at radius 3 is 2.41 bits per heavy atom. The summed E-state index contributed by atoms with van der Waals surface area (Å²) in [6.45, 7) is 0.616. The largest absolute Gasteiger partial charge is 0.454 e. The van der Waals surface area contributed by atoms with E-state index < -0.39 is 18.8 Å². The first-order valence-corrected chi connectivity index (χ1v) is 7.82. The van der Waals surface area contributed by atoms with Crippen molar-refractivity contribution in [3.05, 3.63) is 64.5 Å². The molecule has 0 unspecified atom stereocenters. The molecule has 0 bridgehead atoms. The molecule has 0 saturated heterocycles. The molecule has 0 N–H and O–H groups in total. The van der Waals surface area contributed by atoms with Crippen LogP contribution in [0.1, 0.15) is 11.3 Å². The summed E-state index contributed by atoms with van der Waals surface area (Å²) in [5.41, 5.74) is 2.20. The van der Waals surface area contributed by atoms with Crippen LogP contribution in [0.15, 0.2) is 47.7 Å². The number of aryl methyl sites for hydroxylation is 1. The maximum Gasteiger partial charge on any atom is 0.422 e. The number of aromatic nitrogens is 5. The highest BCUT2D eigenvalue weighted by Gasteiger charge is 2.28. The average molecular weight is 377 g/mol. The summed E-state index contributed by atoms with van der Waals surface area (Å²) >= 11 is 0. The lowest BCUT2D eigenvalue weighted by atomic mass is 10.2. The molecule has 0 aliphatic heterocycles. The van der Waals surface area contributed by atoms with Gasteiger partial charge in [-0.25, -0.2) is 14.6 Å². The fraction of sp³-hybridized carbons (Fsp3) is 0.235. The third-order valence-electron chi connectivity index (χ3n) is 3.46. The second-order valence-electron chi connectivity index (χ2n) is 5.68. The molecule has 3 heterocycles. The highest BCUT2D eigenvalue weighted by Crippen LogP contribution is 2.18. The van der Waals surface area contributed by atoms with Gasteiger partial charge < -0.3 is 4.74 Å². The van der Waals surface area contributed by atoms with Gasteiger partial charge in [0.2, 0.25) is 0 Å². The van der Waals surface area contributed by atoms with Gasteiger partial charge in [-0.2, -0.15) is 18.3 Å². The van der Waals surface area contributed by atoms with Gasteiger partial charge in [-0.1, -0.05) is 6.07 Å². The first-order valence-electron chi connectivity index (χ1n) is 7.82. The average Bonchev–Trinajstić information content (AvgIpc) is 2.63. The van der Waals surface area contributed by atoms with Crippen molar-refractivity contribution in [3.63, 3.8) is 0 Å². The van der Waals surface area contributed by atoms with E-state index in [9.17, 15) is 18.0 Å². The Hall–Kier alpha value is -3.30. The summed E-state index contributed by atoms with van der Waals surface area (Å²) in [5.74, 6) is 0. The summed E-state index contributed by atoms with van der Waals surface area (Å²) in [6.07, 6.45) is -0.247. The Labute approximate surface area is 151 Å². The van der Waals surface area contributed by atoms with Crippen molar-refractivity contribution in [2.45, 2.75) is 19.6 Å². The van der Waals surface area contributed by atoms with E-state index in [-0.39, 0.29) is 12.1 Å². The molecule has 3 aromatic heterocycles. The maximum absolute atomic E-state index is 12.1. The van der Waals surface area contributed by atoms with Crippen LogP contribution in [0, 0.1) is 6.92 Å². The number of halogens is 3. The lowest BCUT2D eigenvalue weighted by Gasteiger charge is -2.09. The molecular formula is C17H14F3N5O2. The first kappa shape index (κ1) is 18.5. The van der Waals surface area contributed by atoms with E-state index in [2.05, 4.69) is 24.8 Å². The quantitative estimate of drug-likeness (QED) is 0.679. The number of nitrogens with zero attached hydrogens (tertiary/aromatic N) is 5. The fourth-order valence-corrected chi connectivity index (χ4v) is 2.15. The monoisotopic (exact) mass is 377 g/mol. The van der Waals surface area contributed by atoms with Gasteiger partial charge in [-0.3, -0.25) is 9.78 Å². The van der Waals surface area contributed by atoms with E-state index in [1.807, 2.05) is 19.1 Å². The van der Waals surface area contributed by atoms with Crippen molar-refractivity contribution in [1.29, 1.82) is 0 Å². The lowest BCUT2D eigenvalue weighted by molar-refractivity contribution is -0.154. The molecule has 0 aromatic carbocycles. The van der Waals surface area contributed by atoms with Crippen LogP contribution in [0.25, 0.3) is 11.3 Å². The summed E-state index contributed by atoms with van der Waals surface area (Å²) in [6, 6.07) is 6.12. The Kier molecular flexibility index (Phi) is 5.15. The molecule has 10 heteroatoms. The fourth-order valence-electron chi connectivity index (χ4n) is 2.15. The molecule has 0 aliphatic carbocycles. The zero-order valence-corrected chi connectivity index (χ0v) is 14.1. The summed E-state index contributed by atoms with van der Waals surface area (Å²) < 4.78 is 42.1. The molecule has 140 valence electrons. The Balaban J connectivity index is 1.79. The molecule has 0 spiro atoms. The molecular weight excluding hydrogens is 363 g/mol. The number of rotatable bonds is 5. The topological polar surface area (TPSA) is 82.8 Å². The van der Waals surface area contributed by atoms with Crippen molar-refractivity contribution < 1.29 is 17.9 Å². The van der Waals surface area contributed by atoms with Crippen LogP contribution in [-0.4, -0.2) is 37.5 Å². The minimum atomic E-state index is -4.47. The molecule has 0 amide bonds. The molecule has 0 atom stereocenters.